The number of piperidine rings is 1. The summed E-state index contributed by atoms with van der Waals surface area (Å²) in [6, 6.07) is 6.40. The van der Waals surface area contributed by atoms with Crippen molar-refractivity contribution in [2.24, 2.45) is 0 Å². The standard InChI is InChI=1S/C17H21N5O.ClH/c1-12-4-2-6-15-14(12)7-9-21(15)17(23)16-19-11-22(20-16)13-5-3-8-18-10-13;/h2,4,6,11,13,18H,3,5,7-10H2,1H3;1H. The molecule has 1 N–H and O–H groups in total. The normalized spacial score (nSPS) is 19.7. The first-order chi connectivity index (χ1) is 11.2. The maximum atomic E-state index is 12.8. The van der Waals surface area contributed by atoms with Crippen molar-refractivity contribution in [2.45, 2.75) is 32.2 Å². The van der Waals surface area contributed by atoms with E-state index in [0.29, 0.717) is 18.4 Å². The van der Waals surface area contributed by atoms with Crippen LogP contribution in [0.1, 0.15) is 40.6 Å². The minimum Gasteiger partial charge on any atom is -0.315 e. The number of nitrogens with zero attached hydrogens (tertiary/aromatic N) is 4. The largest absolute Gasteiger partial charge is 0.315 e. The van der Waals surface area contributed by atoms with E-state index in [1.165, 1.54) is 11.1 Å². The van der Waals surface area contributed by atoms with Gasteiger partial charge in [-0.2, -0.15) is 0 Å². The number of benzene rings is 1. The van der Waals surface area contributed by atoms with E-state index in [1.807, 2.05) is 16.8 Å². The molecule has 1 aromatic carbocycles. The lowest BCUT2D eigenvalue weighted by molar-refractivity contribution is 0.0978. The van der Waals surface area contributed by atoms with Crippen molar-refractivity contribution in [3.05, 3.63) is 41.5 Å². The molecule has 2 aromatic rings. The summed E-state index contributed by atoms with van der Waals surface area (Å²) in [5, 5.41) is 7.81. The van der Waals surface area contributed by atoms with Crippen molar-refractivity contribution in [1.82, 2.24) is 20.1 Å². The number of amides is 1. The minimum atomic E-state index is -0.100. The number of halogens is 1. The van der Waals surface area contributed by atoms with Crippen LogP contribution >= 0.6 is 12.4 Å². The van der Waals surface area contributed by atoms with Gasteiger partial charge in [-0.15, -0.1) is 17.5 Å². The second-order valence-corrected chi connectivity index (χ2v) is 6.33. The Morgan fingerprint density at radius 3 is 3.04 bits per heavy atom. The highest BCUT2D eigenvalue weighted by Gasteiger charge is 2.29. The van der Waals surface area contributed by atoms with Gasteiger partial charge in [-0.3, -0.25) is 4.79 Å². The average molecular weight is 348 g/mol. The Kier molecular flexibility index (Phi) is 4.87. The Hall–Kier alpha value is -1.92. The van der Waals surface area contributed by atoms with E-state index < -0.39 is 0 Å². The van der Waals surface area contributed by atoms with Crippen molar-refractivity contribution >= 4 is 24.0 Å². The number of carbonyl (C=O) groups is 1. The molecule has 1 amide bonds. The molecule has 0 spiro atoms. The van der Waals surface area contributed by atoms with E-state index in [0.717, 1.165) is 38.0 Å². The third-order valence-corrected chi connectivity index (χ3v) is 4.85. The monoisotopic (exact) mass is 347 g/mol. The van der Waals surface area contributed by atoms with Gasteiger partial charge in [-0.05, 0) is 49.9 Å². The number of anilines is 1. The van der Waals surface area contributed by atoms with Crippen molar-refractivity contribution in [3.63, 3.8) is 0 Å². The molecular formula is C17H22ClN5O. The zero-order chi connectivity index (χ0) is 15.8. The number of fused-ring (bicyclic) bond motifs is 1. The highest BCUT2D eigenvalue weighted by atomic mass is 35.5. The van der Waals surface area contributed by atoms with Crippen LogP contribution in [0.4, 0.5) is 5.69 Å². The summed E-state index contributed by atoms with van der Waals surface area (Å²) in [6.07, 6.45) is 4.81. The summed E-state index contributed by atoms with van der Waals surface area (Å²) in [7, 11) is 0. The third-order valence-electron chi connectivity index (χ3n) is 4.85. The summed E-state index contributed by atoms with van der Waals surface area (Å²) in [5.74, 6) is 0.196. The highest BCUT2D eigenvalue weighted by Crippen LogP contribution is 2.31. The number of aryl methyl sites for hydroxylation is 1. The van der Waals surface area contributed by atoms with Crippen LogP contribution in [0.3, 0.4) is 0 Å². The van der Waals surface area contributed by atoms with E-state index in [1.54, 1.807) is 11.2 Å². The summed E-state index contributed by atoms with van der Waals surface area (Å²) in [6.45, 7) is 4.75. The quantitative estimate of drug-likeness (QED) is 0.904. The molecule has 24 heavy (non-hydrogen) atoms. The summed E-state index contributed by atoms with van der Waals surface area (Å²) >= 11 is 0. The van der Waals surface area contributed by atoms with Crippen LogP contribution in [0, 0.1) is 6.92 Å². The fraction of sp³-hybridized carbons (Fsp3) is 0.471. The third kappa shape index (κ3) is 2.91. The Balaban J connectivity index is 0.00000169. The van der Waals surface area contributed by atoms with Crippen LogP contribution in [0.5, 0.6) is 0 Å². The lowest BCUT2D eigenvalue weighted by atomic mass is 10.1. The molecule has 2 aliphatic rings. The van der Waals surface area contributed by atoms with Crippen LogP contribution in [0.25, 0.3) is 0 Å². The second-order valence-electron chi connectivity index (χ2n) is 6.33. The van der Waals surface area contributed by atoms with Crippen LogP contribution in [0.2, 0.25) is 0 Å². The first-order valence-corrected chi connectivity index (χ1v) is 8.26. The van der Waals surface area contributed by atoms with Crippen LogP contribution in [-0.4, -0.2) is 40.3 Å². The number of rotatable bonds is 2. The van der Waals surface area contributed by atoms with Gasteiger partial charge >= 0.3 is 0 Å². The van der Waals surface area contributed by atoms with E-state index in [9.17, 15) is 4.79 Å². The van der Waals surface area contributed by atoms with E-state index >= 15 is 0 Å². The molecule has 1 saturated heterocycles. The van der Waals surface area contributed by atoms with Crippen molar-refractivity contribution in [3.8, 4) is 0 Å². The smallest absolute Gasteiger partial charge is 0.297 e. The predicted molar refractivity (Wildman–Crippen MR) is 95.0 cm³/mol. The zero-order valence-corrected chi connectivity index (χ0v) is 14.6. The summed E-state index contributed by atoms with van der Waals surface area (Å²) in [4.78, 5) is 18.9. The molecular weight excluding hydrogens is 326 g/mol. The lowest BCUT2D eigenvalue weighted by Crippen LogP contribution is -2.32. The van der Waals surface area contributed by atoms with Gasteiger partial charge in [0.2, 0.25) is 5.82 Å². The highest BCUT2D eigenvalue weighted by molar-refractivity contribution is 6.04. The minimum absolute atomic E-state index is 0. The maximum absolute atomic E-state index is 12.8. The molecule has 1 unspecified atom stereocenters. The Morgan fingerprint density at radius 2 is 2.25 bits per heavy atom. The number of hydrogen-bond donors (Lipinski definition) is 1. The van der Waals surface area contributed by atoms with Gasteiger partial charge in [-0.25, -0.2) is 9.67 Å². The topological polar surface area (TPSA) is 63.1 Å². The Bertz CT molecular complexity index is 738. The van der Waals surface area contributed by atoms with Crippen molar-refractivity contribution in [2.75, 3.05) is 24.5 Å². The van der Waals surface area contributed by atoms with Crippen LogP contribution in [-0.2, 0) is 6.42 Å². The first-order valence-electron chi connectivity index (χ1n) is 8.26. The molecule has 1 fully saturated rings. The van der Waals surface area contributed by atoms with Crippen molar-refractivity contribution in [1.29, 1.82) is 0 Å². The number of hydrogen-bond acceptors (Lipinski definition) is 4. The Morgan fingerprint density at radius 1 is 1.38 bits per heavy atom. The van der Waals surface area contributed by atoms with Gasteiger partial charge in [0, 0.05) is 18.8 Å². The second kappa shape index (κ2) is 6.91. The molecule has 0 aliphatic carbocycles. The van der Waals surface area contributed by atoms with Crippen LogP contribution in [0.15, 0.2) is 24.5 Å². The van der Waals surface area contributed by atoms with Gasteiger partial charge in [0.05, 0.1) is 6.04 Å². The van der Waals surface area contributed by atoms with Gasteiger partial charge in [0.15, 0.2) is 0 Å². The van der Waals surface area contributed by atoms with Gasteiger partial charge < -0.3 is 10.2 Å². The summed E-state index contributed by atoms with van der Waals surface area (Å²) < 4.78 is 1.84. The maximum Gasteiger partial charge on any atom is 0.297 e. The SMILES string of the molecule is Cc1cccc2c1CCN2C(=O)c1ncn(C2CCCNC2)n1.Cl. The lowest BCUT2D eigenvalue weighted by Gasteiger charge is -2.22. The van der Waals surface area contributed by atoms with Gasteiger partial charge in [-0.1, -0.05) is 12.1 Å². The molecule has 7 heteroatoms. The number of aromatic nitrogens is 3. The Labute approximate surface area is 147 Å². The molecule has 128 valence electrons. The molecule has 6 nitrogen and oxygen atoms in total. The molecule has 0 radical (unpaired) electrons. The molecule has 1 aromatic heterocycles. The molecule has 0 bridgehead atoms. The molecule has 4 rings (SSSR count). The molecule has 3 heterocycles. The van der Waals surface area contributed by atoms with E-state index in [2.05, 4.69) is 28.4 Å². The van der Waals surface area contributed by atoms with E-state index in [-0.39, 0.29) is 18.3 Å². The molecule has 1 atom stereocenters. The first kappa shape index (κ1) is 16.9. The fourth-order valence-corrected chi connectivity index (χ4v) is 3.55. The van der Waals surface area contributed by atoms with Crippen molar-refractivity contribution < 1.29 is 4.79 Å². The summed E-state index contributed by atoms with van der Waals surface area (Å²) in [5.41, 5.74) is 3.51. The van der Waals surface area contributed by atoms with Crippen LogP contribution < -0.4 is 10.2 Å². The molecule has 2 aliphatic heterocycles. The van der Waals surface area contributed by atoms with E-state index in [4.69, 9.17) is 0 Å². The van der Waals surface area contributed by atoms with Gasteiger partial charge in [0.1, 0.15) is 6.33 Å². The fourth-order valence-electron chi connectivity index (χ4n) is 3.55. The zero-order valence-electron chi connectivity index (χ0n) is 13.7. The average Bonchev–Trinajstić information content (AvgIpc) is 3.23. The molecule has 0 saturated carbocycles. The van der Waals surface area contributed by atoms with Gasteiger partial charge in [0.25, 0.3) is 5.91 Å². The number of carbonyl (C=O) groups excluding carboxylic acids is 1. The number of nitrogens with one attached hydrogen (secondary N) is 1. The predicted octanol–water partition coefficient (Wildman–Crippen LogP) is 2.14.